The summed E-state index contributed by atoms with van der Waals surface area (Å²) in [5.74, 6) is 0.452. The van der Waals surface area contributed by atoms with Crippen molar-refractivity contribution in [3.8, 4) is 23.0 Å². The van der Waals surface area contributed by atoms with Crippen LogP contribution in [-0.2, 0) is 22.4 Å². The smallest absolute Gasteiger partial charge is 0.309 e. The molecular formula is C20H22O6. The number of cyclic esters (lactones) is 1. The molecule has 1 aliphatic heterocycles. The SMILES string of the molecule is COc1ccc(CC2C(=O)OCC2Cc2ccc(O)c(O)c2)cc1OC. The van der Waals surface area contributed by atoms with Crippen molar-refractivity contribution >= 4 is 5.97 Å². The summed E-state index contributed by atoms with van der Waals surface area (Å²) >= 11 is 0. The van der Waals surface area contributed by atoms with E-state index in [0.717, 1.165) is 11.1 Å². The Morgan fingerprint density at radius 3 is 2.35 bits per heavy atom. The maximum Gasteiger partial charge on any atom is 0.309 e. The molecule has 6 heteroatoms. The second-order valence-electron chi connectivity index (χ2n) is 6.42. The van der Waals surface area contributed by atoms with E-state index in [0.29, 0.717) is 30.9 Å². The molecule has 0 spiro atoms. The molecule has 3 rings (SSSR count). The van der Waals surface area contributed by atoms with Gasteiger partial charge in [-0.15, -0.1) is 0 Å². The number of hydrogen-bond acceptors (Lipinski definition) is 6. The Hall–Kier alpha value is -2.89. The second-order valence-corrected chi connectivity index (χ2v) is 6.42. The van der Waals surface area contributed by atoms with Gasteiger partial charge in [-0.05, 0) is 48.2 Å². The van der Waals surface area contributed by atoms with Gasteiger partial charge in [-0.1, -0.05) is 12.1 Å². The summed E-state index contributed by atoms with van der Waals surface area (Å²) in [5, 5.41) is 19.1. The van der Waals surface area contributed by atoms with E-state index < -0.39 is 0 Å². The third-order valence-corrected chi connectivity index (χ3v) is 4.75. The number of carbonyl (C=O) groups excluding carboxylic acids is 1. The van der Waals surface area contributed by atoms with Crippen LogP contribution in [0.5, 0.6) is 23.0 Å². The molecule has 1 fully saturated rings. The number of esters is 1. The highest BCUT2D eigenvalue weighted by Gasteiger charge is 2.37. The van der Waals surface area contributed by atoms with Gasteiger partial charge in [0.15, 0.2) is 23.0 Å². The Morgan fingerprint density at radius 1 is 0.962 bits per heavy atom. The molecule has 0 radical (unpaired) electrons. The molecule has 2 unspecified atom stereocenters. The van der Waals surface area contributed by atoms with Crippen molar-refractivity contribution in [1.29, 1.82) is 0 Å². The van der Waals surface area contributed by atoms with Gasteiger partial charge in [0.25, 0.3) is 0 Å². The second kappa shape index (κ2) is 7.56. The molecule has 1 aliphatic rings. The topological polar surface area (TPSA) is 85.2 Å². The number of benzene rings is 2. The number of carbonyl (C=O) groups is 1. The van der Waals surface area contributed by atoms with Crippen LogP contribution in [0.25, 0.3) is 0 Å². The van der Waals surface area contributed by atoms with Crippen LogP contribution in [0.15, 0.2) is 36.4 Å². The molecule has 2 N–H and O–H groups in total. The first-order valence-corrected chi connectivity index (χ1v) is 8.40. The molecule has 0 aromatic heterocycles. The van der Waals surface area contributed by atoms with Crippen LogP contribution >= 0.6 is 0 Å². The van der Waals surface area contributed by atoms with Crippen LogP contribution in [0.1, 0.15) is 11.1 Å². The highest BCUT2D eigenvalue weighted by atomic mass is 16.5. The number of hydrogen-bond donors (Lipinski definition) is 2. The van der Waals surface area contributed by atoms with Crippen molar-refractivity contribution in [2.75, 3.05) is 20.8 Å². The lowest BCUT2D eigenvalue weighted by Crippen LogP contribution is -2.20. The average molecular weight is 358 g/mol. The fraction of sp³-hybridized carbons (Fsp3) is 0.350. The van der Waals surface area contributed by atoms with Gasteiger partial charge in [0, 0.05) is 5.92 Å². The summed E-state index contributed by atoms with van der Waals surface area (Å²) in [7, 11) is 3.15. The van der Waals surface area contributed by atoms with Crippen molar-refractivity contribution in [3.05, 3.63) is 47.5 Å². The lowest BCUT2D eigenvalue weighted by molar-refractivity contribution is -0.141. The summed E-state index contributed by atoms with van der Waals surface area (Å²) in [4.78, 5) is 12.2. The van der Waals surface area contributed by atoms with Crippen molar-refractivity contribution < 1.29 is 29.2 Å². The van der Waals surface area contributed by atoms with Crippen molar-refractivity contribution in [1.82, 2.24) is 0 Å². The number of rotatable bonds is 6. The molecule has 2 atom stereocenters. The highest BCUT2D eigenvalue weighted by Crippen LogP contribution is 2.34. The summed E-state index contributed by atoms with van der Waals surface area (Å²) in [6.45, 7) is 0.346. The van der Waals surface area contributed by atoms with Crippen LogP contribution in [-0.4, -0.2) is 37.0 Å². The third kappa shape index (κ3) is 3.69. The van der Waals surface area contributed by atoms with E-state index in [1.807, 2.05) is 18.2 Å². The van der Waals surface area contributed by atoms with Gasteiger partial charge in [0.2, 0.25) is 0 Å². The molecule has 0 aliphatic carbocycles. The number of phenols is 2. The minimum Gasteiger partial charge on any atom is -0.504 e. The Morgan fingerprint density at radius 2 is 1.65 bits per heavy atom. The summed E-state index contributed by atoms with van der Waals surface area (Å²) in [6, 6.07) is 10.3. The predicted octanol–water partition coefficient (Wildman–Crippen LogP) is 2.69. The minimum absolute atomic E-state index is 0.000426. The van der Waals surface area contributed by atoms with E-state index in [1.54, 1.807) is 20.3 Å². The zero-order chi connectivity index (χ0) is 18.7. The van der Waals surface area contributed by atoms with E-state index in [-0.39, 0.29) is 29.3 Å². The number of phenolic OH excluding ortho intramolecular Hbond substituents is 2. The normalized spacial score (nSPS) is 19.2. The molecule has 2 aromatic carbocycles. The van der Waals surface area contributed by atoms with Crippen molar-refractivity contribution in [2.24, 2.45) is 11.8 Å². The van der Waals surface area contributed by atoms with Crippen LogP contribution in [0, 0.1) is 11.8 Å². The van der Waals surface area contributed by atoms with E-state index in [1.165, 1.54) is 12.1 Å². The van der Waals surface area contributed by atoms with E-state index in [9.17, 15) is 15.0 Å². The Bertz CT molecular complexity index is 801. The monoisotopic (exact) mass is 358 g/mol. The lowest BCUT2D eigenvalue weighted by Gasteiger charge is -2.16. The Labute approximate surface area is 151 Å². The zero-order valence-corrected chi connectivity index (χ0v) is 14.8. The van der Waals surface area contributed by atoms with Crippen molar-refractivity contribution in [3.63, 3.8) is 0 Å². The first-order chi connectivity index (χ1) is 12.5. The maximum absolute atomic E-state index is 12.2. The maximum atomic E-state index is 12.2. The van der Waals surface area contributed by atoms with Gasteiger partial charge < -0.3 is 24.4 Å². The molecule has 138 valence electrons. The molecule has 26 heavy (non-hydrogen) atoms. The number of methoxy groups -OCH3 is 2. The van der Waals surface area contributed by atoms with Crippen LogP contribution in [0.4, 0.5) is 0 Å². The Balaban J connectivity index is 1.76. The molecule has 2 aromatic rings. The standard InChI is InChI=1S/C20H22O6/c1-24-18-6-4-13(10-19(18)25-2)8-15-14(11-26-20(15)23)7-12-3-5-16(21)17(22)9-12/h3-6,9-10,14-15,21-22H,7-8,11H2,1-2H3. The molecule has 0 amide bonds. The predicted molar refractivity (Wildman–Crippen MR) is 94.7 cm³/mol. The average Bonchev–Trinajstić information content (AvgIpc) is 2.98. The van der Waals surface area contributed by atoms with Crippen molar-refractivity contribution in [2.45, 2.75) is 12.8 Å². The fourth-order valence-electron chi connectivity index (χ4n) is 3.32. The van der Waals surface area contributed by atoms with Gasteiger partial charge in [-0.3, -0.25) is 4.79 Å². The summed E-state index contributed by atoms with van der Waals surface area (Å²) < 4.78 is 15.8. The van der Waals surface area contributed by atoms with Gasteiger partial charge >= 0.3 is 5.97 Å². The molecule has 1 saturated heterocycles. The number of aromatic hydroxyl groups is 2. The first kappa shape index (κ1) is 17.9. The van der Waals surface area contributed by atoms with E-state index >= 15 is 0 Å². The van der Waals surface area contributed by atoms with E-state index in [2.05, 4.69) is 0 Å². The van der Waals surface area contributed by atoms with Gasteiger partial charge in [0.05, 0.1) is 26.7 Å². The fourth-order valence-corrected chi connectivity index (χ4v) is 3.32. The Kier molecular flexibility index (Phi) is 5.21. The molecule has 0 bridgehead atoms. The van der Waals surface area contributed by atoms with E-state index in [4.69, 9.17) is 14.2 Å². The largest absolute Gasteiger partial charge is 0.504 e. The molecule has 6 nitrogen and oxygen atoms in total. The van der Waals surface area contributed by atoms with Crippen LogP contribution in [0.3, 0.4) is 0 Å². The molecule has 1 heterocycles. The lowest BCUT2D eigenvalue weighted by atomic mass is 9.85. The first-order valence-electron chi connectivity index (χ1n) is 8.40. The van der Waals surface area contributed by atoms with Gasteiger partial charge in [-0.2, -0.15) is 0 Å². The molecule has 0 saturated carbocycles. The van der Waals surface area contributed by atoms with Crippen LogP contribution in [0.2, 0.25) is 0 Å². The quantitative estimate of drug-likeness (QED) is 0.610. The van der Waals surface area contributed by atoms with Gasteiger partial charge in [0.1, 0.15) is 0 Å². The highest BCUT2D eigenvalue weighted by molar-refractivity contribution is 5.75. The van der Waals surface area contributed by atoms with Gasteiger partial charge in [-0.25, -0.2) is 0 Å². The summed E-state index contributed by atoms with van der Waals surface area (Å²) in [6.07, 6.45) is 1.12. The third-order valence-electron chi connectivity index (χ3n) is 4.75. The number of ether oxygens (including phenoxy) is 3. The molecular weight excluding hydrogens is 336 g/mol. The zero-order valence-electron chi connectivity index (χ0n) is 14.8. The minimum atomic E-state index is -0.274. The van der Waals surface area contributed by atoms with Crippen LogP contribution < -0.4 is 9.47 Å². The summed E-state index contributed by atoms with van der Waals surface area (Å²) in [5.41, 5.74) is 1.81.